The number of carbonyl (C=O) groups is 3. The van der Waals surface area contributed by atoms with Crippen LogP contribution in [-0.2, 0) is 19.1 Å². The Hall–Kier alpha value is -1.44. The van der Waals surface area contributed by atoms with Crippen molar-refractivity contribution in [1.82, 2.24) is 5.32 Å². The van der Waals surface area contributed by atoms with Crippen LogP contribution in [0.4, 0.5) is 4.79 Å². The largest absolute Gasteiger partial charge is 0.480 e. The van der Waals surface area contributed by atoms with Crippen molar-refractivity contribution in [2.24, 2.45) is 0 Å². The van der Waals surface area contributed by atoms with Crippen LogP contribution in [0.2, 0.25) is 0 Å². The summed E-state index contributed by atoms with van der Waals surface area (Å²) in [5.74, 6) is -1.36. The number of carboxylic acids is 1. The highest BCUT2D eigenvalue weighted by molar-refractivity contribution is 7.59. The van der Waals surface area contributed by atoms with Gasteiger partial charge in [0.2, 0.25) is 0 Å². The van der Waals surface area contributed by atoms with Crippen molar-refractivity contribution in [3.63, 3.8) is 0 Å². The fourth-order valence-electron chi connectivity index (χ4n) is 1.89. The van der Waals surface area contributed by atoms with E-state index < -0.39 is 29.3 Å². The first-order valence-electron chi connectivity index (χ1n) is 8.24. The molecular weight excluding hydrogens is 346 g/mol. The predicted octanol–water partition coefficient (Wildman–Crippen LogP) is 3.37. The minimum atomic E-state index is -1.10. The molecule has 0 radical (unpaired) electrons. The van der Waals surface area contributed by atoms with Gasteiger partial charge in [0, 0.05) is 6.42 Å². The lowest BCUT2D eigenvalue weighted by Crippen LogP contribution is -2.43. The van der Waals surface area contributed by atoms with Crippen molar-refractivity contribution in [3.05, 3.63) is 0 Å². The maximum absolute atomic E-state index is 11.6. The van der Waals surface area contributed by atoms with Gasteiger partial charge in [0.15, 0.2) is 0 Å². The number of esters is 1. The molecular formula is C17H33NO6S. The first-order chi connectivity index (χ1) is 10.8. The van der Waals surface area contributed by atoms with E-state index in [-0.39, 0.29) is 25.9 Å². The van der Waals surface area contributed by atoms with E-state index in [2.05, 4.69) is 5.32 Å². The highest BCUT2D eigenvalue weighted by Crippen LogP contribution is 2.12. The van der Waals surface area contributed by atoms with Crippen LogP contribution in [0.15, 0.2) is 0 Å². The first-order valence-corrected chi connectivity index (χ1v) is 8.24. The summed E-state index contributed by atoms with van der Waals surface area (Å²) in [6.45, 7) is 10.6. The Morgan fingerprint density at radius 1 is 0.920 bits per heavy atom. The number of nitrogens with one attached hydrogen (secondary N) is 1. The molecule has 0 aliphatic rings. The van der Waals surface area contributed by atoms with E-state index in [0.29, 0.717) is 25.7 Å². The Bertz CT molecular complexity index is 439. The summed E-state index contributed by atoms with van der Waals surface area (Å²) in [5.41, 5.74) is -1.18. The lowest BCUT2D eigenvalue weighted by molar-refractivity contribution is -0.155. The second-order valence-electron chi connectivity index (χ2n) is 7.72. The van der Waals surface area contributed by atoms with Gasteiger partial charge in [-0.3, -0.25) is 4.79 Å². The Morgan fingerprint density at radius 3 is 1.88 bits per heavy atom. The molecule has 25 heavy (non-hydrogen) atoms. The maximum Gasteiger partial charge on any atom is 0.408 e. The van der Waals surface area contributed by atoms with Gasteiger partial charge in [0.05, 0.1) is 0 Å². The average molecular weight is 380 g/mol. The van der Waals surface area contributed by atoms with Crippen LogP contribution < -0.4 is 5.32 Å². The smallest absolute Gasteiger partial charge is 0.408 e. The molecule has 1 atom stereocenters. The molecule has 0 fully saturated rings. The number of aliphatic carboxylic acids is 1. The molecule has 0 aromatic heterocycles. The number of rotatable bonds is 8. The topological polar surface area (TPSA) is 102 Å². The fourth-order valence-corrected chi connectivity index (χ4v) is 1.89. The summed E-state index contributed by atoms with van der Waals surface area (Å²) in [4.78, 5) is 34.4. The number of hydrogen-bond acceptors (Lipinski definition) is 5. The molecule has 0 aliphatic carbocycles. The second-order valence-corrected chi connectivity index (χ2v) is 7.72. The average Bonchev–Trinajstić information content (AvgIpc) is 2.32. The summed E-state index contributed by atoms with van der Waals surface area (Å²) >= 11 is 0. The molecule has 0 aromatic rings. The zero-order chi connectivity index (χ0) is 19.0. The number of unbranched alkanes of at least 4 members (excludes halogenated alkanes) is 2. The molecule has 7 nitrogen and oxygen atoms in total. The van der Waals surface area contributed by atoms with E-state index in [4.69, 9.17) is 14.6 Å². The molecule has 2 N–H and O–H groups in total. The molecule has 0 heterocycles. The highest BCUT2D eigenvalue weighted by atomic mass is 32.1. The van der Waals surface area contributed by atoms with Crippen LogP contribution in [0, 0.1) is 0 Å². The number of carboxylic acid groups (broad SMARTS) is 1. The van der Waals surface area contributed by atoms with Gasteiger partial charge >= 0.3 is 18.0 Å². The molecule has 0 saturated carbocycles. The van der Waals surface area contributed by atoms with E-state index in [0.717, 1.165) is 0 Å². The van der Waals surface area contributed by atoms with Crippen molar-refractivity contribution in [1.29, 1.82) is 0 Å². The van der Waals surface area contributed by atoms with Crippen molar-refractivity contribution in [3.8, 4) is 0 Å². The van der Waals surface area contributed by atoms with Gasteiger partial charge in [0.1, 0.15) is 17.2 Å². The summed E-state index contributed by atoms with van der Waals surface area (Å²) in [5, 5.41) is 11.5. The SMILES string of the molecule is CC(C)(C)OC(=O)CCCCC[C@H](NC(=O)OC(C)(C)C)C(=O)O.S. The molecule has 0 spiro atoms. The summed E-state index contributed by atoms with van der Waals surface area (Å²) < 4.78 is 10.2. The van der Waals surface area contributed by atoms with Gasteiger partial charge in [0.25, 0.3) is 0 Å². The van der Waals surface area contributed by atoms with Crippen molar-refractivity contribution in [2.45, 2.75) is 90.9 Å². The summed E-state index contributed by atoms with van der Waals surface area (Å²) in [6.07, 6.45) is 1.71. The highest BCUT2D eigenvalue weighted by Gasteiger charge is 2.23. The van der Waals surface area contributed by atoms with E-state index in [1.165, 1.54) is 0 Å². The molecule has 0 aromatic carbocycles. The zero-order valence-electron chi connectivity index (χ0n) is 16.1. The quantitative estimate of drug-likeness (QED) is 0.495. The van der Waals surface area contributed by atoms with E-state index in [1.54, 1.807) is 20.8 Å². The Kier molecular flexibility index (Phi) is 11.6. The van der Waals surface area contributed by atoms with Gasteiger partial charge in [-0.2, -0.15) is 13.5 Å². The van der Waals surface area contributed by atoms with Crippen LogP contribution in [-0.4, -0.2) is 40.4 Å². The van der Waals surface area contributed by atoms with Crippen LogP contribution in [0.25, 0.3) is 0 Å². The normalized spacial score (nSPS) is 12.6. The van der Waals surface area contributed by atoms with Crippen LogP contribution in [0.5, 0.6) is 0 Å². The molecule has 0 aliphatic heterocycles. The summed E-state index contributed by atoms with van der Waals surface area (Å²) in [7, 11) is 0. The standard InChI is InChI=1S/C17H31NO6.H2S/c1-16(2,3)23-13(19)11-9-7-8-10-12(14(20)21)18-15(22)24-17(4,5)6;/h12H,7-11H2,1-6H3,(H,18,22)(H,20,21);1H2/t12-;/m0./s1. The third-order valence-electron chi connectivity index (χ3n) is 2.78. The Labute approximate surface area is 157 Å². The minimum absolute atomic E-state index is 0. The molecule has 0 bridgehead atoms. The van der Waals surface area contributed by atoms with Gasteiger partial charge < -0.3 is 19.9 Å². The maximum atomic E-state index is 11.6. The summed E-state index contributed by atoms with van der Waals surface area (Å²) in [6, 6.07) is -0.999. The number of amides is 1. The Morgan fingerprint density at radius 2 is 1.44 bits per heavy atom. The zero-order valence-corrected chi connectivity index (χ0v) is 17.1. The molecule has 1 amide bonds. The van der Waals surface area contributed by atoms with E-state index in [9.17, 15) is 14.4 Å². The van der Waals surface area contributed by atoms with Crippen LogP contribution >= 0.6 is 13.5 Å². The molecule has 8 heteroatoms. The first kappa shape index (κ1) is 25.8. The van der Waals surface area contributed by atoms with E-state index >= 15 is 0 Å². The third kappa shape index (κ3) is 15.8. The Balaban J connectivity index is 0. The van der Waals surface area contributed by atoms with Crippen molar-refractivity contribution < 1.29 is 29.0 Å². The van der Waals surface area contributed by atoms with Gasteiger partial charge in [-0.15, -0.1) is 0 Å². The van der Waals surface area contributed by atoms with Crippen molar-refractivity contribution >= 4 is 31.5 Å². The third-order valence-corrected chi connectivity index (χ3v) is 2.78. The lowest BCUT2D eigenvalue weighted by Gasteiger charge is -2.22. The van der Waals surface area contributed by atoms with Crippen LogP contribution in [0.1, 0.15) is 73.6 Å². The number of carbonyl (C=O) groups excluding carboxylic acids is 2. The fraction of sp³-hybridized carbons (Fsp3) is 0.824. The van der Waals surface area contributed by atoms with Gasteiger partial charge in [-0.1, -0.05) is 12.8 Å². The number of alkyl carbamates (subject to hydrolysis) is 1. The molecule has 0 unspecified atom stereocenters. The van der Waals surface area contributed by atoms with Gasteiger partial charge in [-0.05, 0) is 54.4 Å². The van der Waals surface area contributed by atoms with Crippen LogP contribution in [0.3, 0.4) is 0 Å². The van der Waals surface area contributed by atoms with E-state index in [1.807, 2.05) is 20.8 Å². The molecule has 0 rings (SSSR count). The monoisotopic (exact) mass is 379 g/mol. The molecule has 0 saturated heterocycles. The number of ether oxygens (including phenoxy) is 2. The second kappa shape index (κ2) is 11.2. The predicted molar refractivity (Wildman–Crippen MR) is 100 cm³/mol. The van der Waals surface area contributed by atoms with Gasteiger partial charge in [-0.25, -0.2) is 9.59 Å². The van der Waals surface area contributed by atoms with Crippen molar-refractivity contribution in [2.75, 3.05) is 0 Å². The lowest BCUT2D eigenvalue weighted by atomic mass is 10.1. The molecule has 148 valence electrons. The minimum Gasteiger partial charge on any atom is -0.480 e. The number of hydrogen-bond donors (Lipinski definition) is 2.